The van der Waals surface area contributed by atoms with Gasteiger partial charge in [-0.2, -0.15) is 0 Å². The van der Waals surface area contributed by atoms with Crippen molar-refractivity contribution in [1.29, 1.82) is 5.41 Å². The number of hydrogen-bond acceptors (Lipinski definition) is 5. The van der Waals surface area contributed by atoms with Crippen LogP contribution in [0.3, 0.4) is 0 Å². The van der Waals surface area contributed by atoms with Gasteiger partial charge in [0.05, 0.1) is 19.6 Å². The summed E-state index contributed by atoms with van der Waals surface area (Å²) < 4.78 is 4.41. The van der Waals surface area contributed by atoms with E-state index in [0.29, 0.717) is 11.1 Å². The van der Waals surface area contributed by atoms with Crippen LogP contribution in [0.2, 0.25) is 0 Å². The zero-order valence-electron chi connectivity index (χ0n) is 9.96. The summed E-state index contributed by atoms with van der Waals surface area (Å²) in [5.41, 5.74) is 6.01. The largest absolute Gasteiger partial charge is 0.469 e. The number of nitrogens with two attached hydrogens (primary N) is 1. The standard InChI is InChI=1S/C12H16N2O4/c1-18-10(16)6-9(15)11(17)7-4-2-3-5-8(7)12(13)14/h2-5,9,11,15,17H,6H2,1H3,(H3,13,14). The quantitative estimate of drug-likeness (QED) is 0.332. The lowest BCUT2D eigenvalue weighted by atomic mass is 9.96. The average Bonchev–Trinajstić information content (AvgIpc) is 2.37. The molecule has 0 aliphatic carbocycles. The van der Waals surface area contributed by atoms with Crippen molar-refractivity contribution in [3.8, 4) is 0 Å². The minimum Gasteiger partial charge on any atom is -0.469 e. The first kappa shape index (κ1) is 14.1. The Hall–Kier alpha value is -1.92. The van der Waals surface area contributed by atoms with Gasteiger partial charge in [-0.05, 0) is 5.56 Å². The molecule has 2 atom stereocenters. The van der Waals surface area contributed by atoms with E-state index in [0.717, 1.165) is 0 Å². The number of aliphatic hydroxyl groups excluding tert-OH is 2. The van der Waals surface area contributed by atoms with Crippen molar-refractivity contribution >= 4 is 11.8 Å². The fourth-order valence-electron chi connectivity index (χ4n) is 1.57. The van der Waals surface area contributed by atoms with Crippen LogP contribution in [0.5, 0.6) is 0 Å². The molecule has 0 radical (unpaired) electrons. The van der Waals surface area contributed by atoms with Crippen LogP contribution in [0.1, 0.15) is 23.7 Å². The van der Waals surface area contributed by atoms with E-state index >= 15 is 0 Å². The van der Waals surface area contributed by atoms with Crippen LogP contribution < -0.4 is 5.73 Å². The molecule has 0 fully saturated rings. The third-order valence-electron chi connectivity index (χ3n) is 2.54. The van der Waals surface area contributed by atoms with Crippen molar-refractivity contribution in [2.24, 2.45) is 5.73 Å². The number of benzene rings is 1. The van der Waals surface area contributed by atoms with Crippen LogP contribution in [0, 0.1) is 5.41 Å². The van der Waals surface area contributed by atoms with Gasteiger partial charge >= 0.3 is 5.97 Å². The number of amidine groups is 1. The van der Waals surface area contributed by atoms with E-state index in [1.165, 1.54) is 7.11 Å². The van der Waals surface area contributed by atoms with E-state index in [2.05, 4.69) is 4.74 Å². The fraction of sp³-hybridized carbons (Fsp3) is 0.333. The van der Waals surface area contributed by atoms with Crippen LogP contribution in [0.15, 0.2) is 24.3 Å². The molecule has 0 saturated carbocycles. The Kier molecular flexibility index (Phi) is 4.82. The third-order valence-corrected chi connectivity index (χ3v) is 2.54. The van der Waals surface area contributed by atoms with Gasteiger partial charge in [-0.25, -0.2) is 0 Å². The van der Waals surface area contributed by atoms with E-state index in [4.69, 9.17) is 11.1 Å². The molecule has 18 heavy (non-hydrogen) atoms. The molecule has 0 aromatic heterocycles. The Morgan fingerprint density at radius 3 is 2.61 bits per heavy atom. The highest BCUT2D eigenvalue weighted by Crippen LogP contribution is 2.22. The smallest absolute Gasteiger partial charge is 0.308 e. The Balaban J connectivity index is 2.92. The van der Waals surface area contributed by atoms with E-state index in [9.17, 15) is 15.0 Å². The average molecular weight is 252 g/mol. The first-order valence-corrected chi connectivity index (χ1v) is 5.33. The molecule has 2 unspecified atom stereocenters. The lowest BCUT2D eigenvalue weighted by Crippen LogP contribution is -2.25. The number of carbonyl (C=O) groups excluding carboxylic acids is 1. The first-order valence-electron chi connectivity index (χ1n) is 5.33. The number of rotatable bonds is 5. The molecule has 6 heteroatoms. The van der Waals surface area contributed by atoms with E-state index in [-0.39, 0.29) is 12.3 Å². The molecule has 0 spiro atoms. The second-order valence-corrected chi connectivity index (χ2v) is 3.79. The van der Waals surface area contributed by atoms with Crippen LogP contribution in [0.25, 0.3) is 0 Å². The molecule has 0 amide bonds. The SMILES string of the molecule is COC(=O)CC(O)C(O)c1ccccc1C(=N)N. The number of ether oxygens (including phenoxy) is 1. The van der Waals surface area contributed by atoms with Gasteiger partial charge in [-0.1, -0.05) is 24.3 Å². The number of carbonyl (C=O) groups is 1. The maximum atomic E-state index is 11.0. The maximum Gasteiger partial charge on any atom is 0.308 e. The predicted molar refractivity (Wildman–Crippen MR) is 65.1 cm³/mol. The van der Waals surface area contributed by atoms with Crippen LogP contribution in [0.4, 0.5) is 0 Å². The van der Waals surface area contributed by atoms with Crippen molar-refractivity contribution in [2.75, 3.05) is 7.11 Å². The van der Waals surface area contributed by atoms with Crippen LogP contribution >= 0.6 is 0 Å². The molecule has 1 aromatic rings. The van der Waals surface area contributed by atoms with Gasteiger partial charge in [0, 0.05) is 5.56 Å². The summed E-state index contributed by atoms with van der Waals surface area (Å²) in [6.45, 7) is 0. The zero-order valence-corrected chi connectivity index (χ0v) is 9.96. The van der Waals surface area contributed by atoms with Crippen molar-refractivity contribution < 1.29 is 19.7 Å². The molecule has 0 heterocycles. The highest BCUT2D eigenvalue weighted by molar-refractivity contribution is 5.96. The molecule has 0 bridgehead atoms. The molecule has 6 nitrogen and oxygen atoms in total. The number of hydrogen-bond donors (Lipinski definition) is 4. The number of methoxy groups -OCH3 is 1. The van der Waals surface area contributed by atoms with E-state index < -0.39 is 18.2 Å². The second-order valence-electron chi connectivity index (χ2n) is 3.79. The highest BCUT2D eigenvalue weighted by atomic mass is 16.5. The highest BCUT2D eigenvalue weighted by Gasteiger charge is 2.24. The summed E-state index contributed by atoms with van der Waals surface area (Å²) in [7, 11) is 1.20. The topological polar surface area (TPSA) is 117 Å². The van der Waals surface area contributed by atoms with Gasteiger partial charge < -0.3 is 20.7 Å². The molecule has 1 rings (SSSR count). The maximum absolute atomic E-state index is 11.0. The first-order chi connectivity index (χ1) is 8.47. The third kappa shape index (κ3) is 3.28. The Morgan fingerprint density at radius 1 is 1.44 bits per heavy atom. The van der Waals surface area contributed by atoms with Crippen molar-refractivity contribution in [1.82, 2.24) is 0 Å². The lowest BCUT2D eigenvalue weighted by Gasteiger charge is -2.19. The van der Waals surface area contributed by atoms with Gasteiger partial charge in [0.15, 0.2) is 0 Å². The summed E-state index contributed by atoms with van der Waals surface area (Å²) >= 11 is 0. The number of esters is 1. The summed E-state index contributed by atoms with van der Waals surface area (Å²) in [4.78, 5) is 11.0. The molecule has 0 aliphatic rings. The van der Waals surface area contributed by atoms with Crippen LogP contribution in [-0.2, 0) is 9.53 Å². The van der Waals surface area contributed by atoms with Gasteiger partial charge in [0.25, 0.3) is 0 Å². The lowest BCUT2D eigenvalue weighted by molar-refractivity contribution is -0.144. The van der Waals surface area contributed by atoms with Gasteiger partial charge in [-0.15, -0.1) is 0 Å². The normalized spacial score (nSPS) is 13.7. The molecular formula is C12H16N2O4. The number of nitrogens with one attached hydrogen (secondary N) is 1. The van der Waals surface area contributed by atoms with Gasteiger partial charge in [-0.3, -0.25) is 10.2 Å². The van der Waals surface area contributed by atoms with E-state index in [1.54, 1.807) is 24.3 Å². The molecule has 0 aliphatic heterocycles. The summed E-state index contributed by atoms with van der Waals surface area (Å²) in [5.74, 6) is -0.836. The summed E-state index contributed by atoms with van der Waals surface area (Å²) in [6, 6.07) is 6.42. The molecule has 5 N–H and O–H groups in total. The Bertz CT molecular complexity index is 447. The van der Waals surface area contributed by atoms with E-state index in [1.807, 2.05) is 0 Å². The predicted octanol–water partition coefficient (Wildman–Crippen LogP) is -0.0719. The van der Waals surface area contributed by atoms with Crippen LogP contribution in [-0.4, -0.2) is 35.2 Å². The Morgan fingerprint density at radius 2 is 2.06 bits per heavy atom. The minimum absolute atomic E-state index is 0.213. The van der Waals surface area contributed by atoms with Gasteiger partial charge in [0.2, 0.25) is 0 Å². The summed E-state index contributed by atoms with van der Waals surface area (Å²) in [6.07, 6.45) is -2.94. The van der Waals surface area contributed by atoms with Crippen molar-refractivity contribution in [2.45, 2.75) is 18.6 Å². The fourth-order valence-corrected chi connectivity index (χ4v) is 1.57. The van der Waals surface area contributed by atoms with Gasteiger partial charge in [0.1, 0.15) is 11.9 Å². The zero-order chi connectivity index (χ0) is 13.7. The summed E-state index contributed by atoms with van der Waals surface area (Å²) in [5, 5.41) is 27.1. The molecule has 0 saturated heterocycles. The number of nitrogen functional groups attached to an aromatic ring is 1. The minimum atomic E-state index is -1.31. The monoisotopic (exact) mass is 252 g/mol. The molecular weight excluding hydrogens is 236 g/mol. The molecule has 98 valence electrons. The number of aliphatic hydroxyl groups is 2. The van der Waals surface area contributed by atoms with Crippen molar-refractivity contribution in [3.05, 3.63) is 35.4 Å². The Labute approximate surface area is 105 Å². The second kappa shape index (κ2) is 6.13. The van der Waals surface area contributed by atoms with Crippen molar-refractivity contribution in [3.63, 3.8) is 0 Å². The molecule has 1 aromatic carbocycles.